The molecule has 0 aliphatic heterocycles. The molecule has 2 aromatic carbocycles. The van der Waals surface area contributed by atoms with Crippen molar-refractivity contribution in [2.75, 3.05) is 5.32 Å². The Hall–Kier alpha value is -1.76. The van der Waals surface area contributed by atoms with Crippen molar-refractivity contribution in [1.29, 1.82) is 0 Å². The molecule has 0 saturated heterocycles. The van der Waals surface area contributed by atoms with Crippen molar-refractivity contribution < 1.29 is 22.0 Å². The van der Waals surface area contributed by atoms with Gasteiger partial charge in [0, 0.05) is 11.4 Å². The lowest BCUT2D eigenvalue weighted by Gasteiger charge is -2.09. The smallest absolute Gasteiger partial charge is 0.379 e. The Morgan fingerprint density at radius 2 is 1.62 bits per heavy atom. The SMILES string of the molecule is Fc1cccc(NCc2ccc(SC(F)(F)F)cc2)c1F. The van der Waals surface area contributed by atoms with E-state index in [1.807, 2.05) is 0 Å². The highest BCUT2D eigenvalue weighted by molar-refractivity contribution is 8.00. The highest BCUT2D eigenvalue weighted by Gasteiger charge is 2.28. The van der Waals surface area contributed by atoms with E-state index < -0.39 is 17.1 Å². The summed E-state index contributed by atoms with van der Waals surface area (Å²) in [7, 11) is 0. The average molecular weight is 319 g/mol. The fourth-order valence-corrected chi connectivity index (χ4v) is 2.19. The maximum atomic E-state index is 13.4. The van der Waals surface area contributed by atoms with E-state index in [1.54, 1.807) is 0 Å². The second kappa shape index (κ2) is 6.34. The Kier molecular flexibility index (Phi) is 4.72. The van der Waals surface area contributed by atoms with Gasteiger partial charge in [-0.25, -0.2) is 8.78 Å². The summed E-state index contributed by atoms with van der Waals surface area (Å²) in [6.45, 7) is 0.178. The van der Waals surface area contributed by atoms with Gasteiger partial charge in [-0.3, -0.25) is 0 Å². The molecule has 0 atom stereocenters. The van der Waals surface area contributed by atoms with E-state index in [9.17, 15) is 22.0 Å². The molecule has 0 radical (unpaired) electrons. The molecule has 112 valence electrons. The number of halogens is 5. The summed E-state index contributed by atoms with van der Waals surface area (Å²) in [6, 6.07) is 9.41. The number of anilines is 1. The van der Waals surface area contributed by atoms with E-state index in [0.717, 1.165) is 6.07 Å². The van der Waals surface area contributed by atoms with Crippen LogP contribution in [0.4, 0.5) is 27.6 Å². The van der Waals surface area contributed by atoms with E-state index in [-0.39, 0.29) is 28.9 Å². The number of alkyl halides is 3. The van der Waals surface area contributed by atoms with Gasteiger partial charge in [-0.05, 0) is 41.6 Å². The summed E-state index contributed by atoms with van der Waals surface area (Å²) >= 11 is -0.202. The van der Waals surface area contributed by atoms with E-state index in [2.05, 4.69) is 5.32 Å². The molecule has 0 fully saturated rings. The average Bonchev–Trinajstić information content (AvgIpc) is 2.40. The number of hydrogen-bond donors (Lipinski definition) is 1. The van der Waals surface area contributed by atoms with Gasteiger partial charge in [0.05, 0.1) is 5.69 Å². The van der Waals surface area contributed by atoms with Crippen molar-refractivity contribution in [3.05, 3.63) is 59.7 Å². The van der Waals surface area contributed by atoms with Crippen molar-refractivity contribution in [3.63, 3.8) is 0 Å². The van der Waals surface area contributed by atoms with Crippen LogP contribution in [0.15, 0.2) is 47.4 Å². The van der Waals surface area contributed by atoms with Crippen LogP contribution in [0.2, 0.25) is 0 Å². The zero-order valence-corrected chi connectivity index (χ0v) is 11.4. The van der Waals surface area contributed by atoms with Crippen molar-refractivity contribution in [1.82, 2.24) is 0 Å². The molecule has 21 heavy (non-hydrogen) atoms. The number of thioether (sulfide) groups is 1. The van der Waals surface area contributed by atoms with Crippen molar-refractivity contribution in [2.45, 2.75) is 16.9 Å². The second-order valence-corrected chi connectivity index (χ2v) is 5.29. The molecular formula is C14H10F5NS. The van der Waals surface area contributed by atoms with Crippen LogP contribution in [-0.2, 0) is 6.54 Å². The molecule has 0 saturated carbocycles. The van der Waals surface area contributed by atoms with Crippen LogP contribution >= 0.6 is 11.8 Å². The summed E-state index contributed by atoms with van der Waals surface area (Å²) in [5, 5.41) is 2.69. The molecule has 0 aliphatic rings. The standard InChI is InChI=1S/C14H10F5NS/c15-11-2-1-3-12(13(11)16)20-8-9-4-6-10(7-5-9)21-14(17,18)19/h1-7,20H,8H2. The molecule has 0 amide bonds. The monoisotopic (exact) mass is 319 g/mol. The number of nitrogens with one attached hydrogen (secondary N) is 1. The lowest BCUT2D eigenvalue weighted by Crippen LogP contribution is -2.03. The maximum absolute atomic E-state index is 13.4. The van der Waals surface area contributed by atoms with Crippen molar-refractivity contribution in [3.8, 4) is 0 Å². The molecule has 2 aromatic rings. The summed E-state index contributed by atoms with van der Waals surface area (Å²) in [5.41, 5.74) is -3.67. The van der Waals surface area contributed by atoms with Crippen LogP contribution in [0, 0.1) is 11.6 Å². The largest absolute Gasteiger partial charge is 0.446 e. The van der Waals surface area contributed by atoms with E-state index in [4.69, 9.17) is 0 Å². The van der Waals surface area contributed by atoms with Crippen LogP contribution in [0.3, 0.4) is 0 Å². The minimum absolute atomic E-state index is 0.00347. The lowest BCUT2D eigenvalue weighted by atomic mass is 10.2. The molecule has 7 heteroatoms. The third-order valence-electron chi connectivity index (χ3n) is 2.59. The Bertz CT molecular complexity index is 610. The molecule has 1 nitrogen and oxygen atoms in total. The predicted molar refractivity (Wildman–Crippen MR) is 72.0 cm³/mol. The Labute approximate surface area is 122 Å². The molecule has 0 bridgehead atoms. The van der Waals surface area contributed by atoms with Crippen LogP contribution in [-0.4, -0.2) is 5.51 Å². The Morgan fingerprint density at radius 3 is 2.24 bits per heavy atom. The normalized spacial score (nSPS) is 11.5. The molecular weight excluding hydrogens is 309 g/mol. The number of rotatable bonds is 4. The maximum Gasteiger partial charge on any atom is 0.446 e. The zero-order valence-electron chi connectivity index (χ0n) is 10.5. The summed E-state index contributed by atoms with van der Waals surface area (Å²) in [6.07, 6.45) is 0. The minimum Gasteiger partial charge on any atom is -0.379 e. The molecule has 0 heterocycles. The zero-order chi connectivity index (χ0) is 15.5. The molecule has 0 spiro atoms. The molecule has 1 N–H and O–H groups in total. The molecule has 0 aliphatic carbocycles. The highest BCUT2D eigenvalue weighted by atomic mass is 32.2. The topological polar surface area (TPSA) is 12.0 Å². The van der Waals surface area contributed by atoms with Gasteiger partial charge in [-0.15, -0.1) is 0 Å². The highest BCUT2D eigenvalue weighted by Crippen LogP contribution is 2.36. The number of benzene rings is 2. The summed E-state index contributed by atoms with van der Waals surface area (Å²) in [4.78, 5) is 0.0724. The van der Waals surface area contributed by atoms with Crippen molar-refractivity contribution in [2.24, 2.45) is 0 Å². The van der Waals surface area contributed by atoms with Crippen LogP contribution < -0.4 is 5.32 Å². The molecule has 0 unspecified atom stereocenters. The number of hydrogen-bond acceptors (Lipinski definition) is 2. The van der Waals surface area contributed by atoms with E-state index in [0.29, 0.717) is 5.56 Å². The second-order valence-electron chi connectivity index (χ2n) is 4.15. The van der Waals surface area contributed by atoms with E-state index in [1.165, 1.54) is 36.4 Å². The first-order chi connectivity index (χ1) is 9.85. The Balaban J connectivity index is 1.99. The van der Waals surface area contributed by atoms with Gasteiger partial charge >= 0.3 is 5.51 Å². The minimum atomic E-state index is -4.33. The van der Waals surface area contributed by atoms with Gasteiger partial charge in [-0.2, -0.15) is 13.2 Å². The van der Waals surface area contributed by atoms with Crippen LogP contribution in [0.25, 0.3) is 0 Å². The quantitative estimate of drug-likeness (QED) is 0.615. The van der Waals surface area contributed by atoms with Crippen molar-refractivity contribution >= 4 is 17.4 Å². The van der Waals surface area contributed by atoms with Gasteiger partial charge in [0.15, 0.2) is 11.6 Å². The third-order valence-corrected chi connectivity index (χ3v) is 3.33. The fourth-order valence-electron chi connectivity index (χ4n) is 1.65. The third kappa shape index (κ3) is 4.63. The molecule has 0 aromatic heterocycles. The van der Waals surface area contributed by atoms with Gasteiger partial charge < -0.3 is 5.32 Å². The van der Waals surface area contributed by atoms with Gasteiger partial charge in [-0.1, -0.05) is 18.2 Å². The Morgan fingerprint density at radius 1 is 0.952 bits per heavy atom. The van der Waals surface area contributed by atoms with Gasteiger partial charge in [0.25, 0.3) is 0 Å². The fraction of sp³-hybridized carbons (Fsp3) is 0.143. The van der Waals surface area contributed by atoms with Crippen LogP contribution in [0.1, 0.15) is 5.56 Å². The van der Waals surface area contributed by atoms with Gasteiger partial charge in [0.2, 0.25) is 0 Å². The first-order valence-electron chi connectivity index (χ1n) is 5.88. The first-order valence-corrected chi connectivity index (χ1v) is 6.69. The van der Waals surface area contributed by atoms with Gasteiger partial charge in [0.1, 0.15) is 0 Å². The predicted octanol–water partition coefficient (Wildman–Crippen LogP) is 5.19. The summed E-state index contributed by atoms with van der Waals surface area (Å²) in [5.74, 6) is -1.95. The van der Waals surface area contributed by atoms with Crippen LogP contribution in [0.5, 0.6) is 0 Å². The summed E-state index contributed by atoms with van der Waals surface area (Å²) < 4.78 is 62.9. The first kappa shape index (κ1) is 15.6. The molecule has 2 rings (SSSR count). The lowest BCUT2D eigenvalue weighted by molar-refractivity contribution is -0.0328. The van der Waals surface area contributed by atoms with E-state index >= 15 is 0 Å².